The predicted molar refractivity (Wildman–Crippen MR) is 122 cm³/mol. The Morgan fingerprint density at radius 3 is 2.16 bits per heavy atom. The molecule has 0 bridgehead atoms. The van der Waals surface area contributed by atoms with Gasteiger partial charge in [0, 0.05) is 5.56 Å². The summed E-state index contributed by atoms with van der Waals surface area (Å²) in [6, 6.07) is 14.7. The van der Waals surface area contributed by atoms with E-state index in [1.165, 1.54) is 16.0 Å². The van der Waals surface area contributed by atoms with Gasteiger partial charge in [0.25, 0.3) is 5.91 Å². The lowest BCUT2D eigenvalue weighted by molar-refractivity contribution is -1.02. The van der Waals surface area contributed by atoms with Gasteiger partial charge in [-0.15, -0.1) is 0 Å². The molecule has 1 saturated heterocycles. The fraction of sp³-hybridized carbons (Fsp3) is 0.480. The second-order valence-electron chi connectivity index (χ2n) is 8.43. The summed E-state index contributed by atoms with van der Waals surface area (Å²) in [5.41, 5.74) is 3.72. The minimum absolute atomic E-state index is 0.0368. The van der Waals surface area contributed by atoms with Crippen molar-refractivity contribution in [1.82, 2.24) is 5.32 Å². The van der Waals surface area contributed by atoms with Crippen LogP contribution >= 0.6 is 0 Å². The number of carbonyl (C=O) groups is 1. The van der Waals surface area contributed by atoms with Crippen molar-refractivity contribution in [2.75, 3.05) is 46.9 Å². The number of piperazine rings is 1. The van der Waals surface area contributed by atoms with Gasteiger partial charge in [0.05, 0.1) is 20.3 Å². The predicted octanol–water partition coefficient (Wildman–Crippen LogP) is 0.427. The molecular formula is C25H37N3O3+2. The largest absolute Gasteiger partial charge is 0.493 e. The smallest absolute Gasteiger partial charge is 0.275 e. The summed E-state index contributed by atoms with van der Waals surface area (Å²) in [4.78, 5) is 15.5. The summed E-state index contributed by atoms with van der Waals surface area (Å²) in [6.07, 6.45) is 1.03. The highest BCUT2D eigenvalue weighted by atomic mass is 16.5. The van der Waals surface area contributed by atoms with Gasteiger partial charge < -0.3 is 24.6 Å². The van der Waals surface area contributed by atoms with Crippen LogP contribution in [0.25, 0.3) is 0 Å². The number of ether oxygens (including phenoxy) is 2. The third-order valence-electron chi connectivity index (χ3n) is 6.24. The number of benzene rings is 2. The molecule has 6 nitrogen and oxygen atoms in total. The maximum atomic E-state index is 12.6. The van der Waals surface area contributed by atoms with Crippen molar-refractivity contribution in [3.8, 4) is 11.5 Å². The minimum atomic E-state index is 0.0368. The zero-order valence-corrected chi connectivity index (χ0v) is 19.3. The fourth-order valence-electron chi connectivity index (χ4n) is 4.23. The molecule has 1 aliphatic rings. The highest BCUT2D eigenvalue weighted by Crippen LogP contribution is 2.27. The van der Waals surface area contributed by atoms with Crippen LogP contribution in [-0.2, 0) is 17.8 Å². The molecule has 3 rings (SSSR count). The molecule has 0 saturated carbocycles. The number of quaternary nitrogens is 2. The van der Waals surface area contributed by atoms with Crippen LogP contribution in [0.4, 0.5) is 0 Å². The number of hydrogen-bond donors (Lipinski definition) is 3. The summed E-state index contributed by atoms with van der Waals surface area (Å²) in [6.45, 7) is 9.85. The molecule has 0 aliphatic carbocycles. The molecule has 2 aromatic rings. The van der Waals surface area contributed by atoms with Crippen LogP contribution < -0.4 is 24.6 Å². The first-order valence-electron chi connectivity index (χ1n) is 11.3. The van der Waals surface area contributed by atoms with Crippen LogP contribution in [0.15, 0.2) is 42.5 Å². The van der Waals surface area contributed by atoms with Gasteiger partial charge in [0.2, 0.25) is 0 Å². The topological polar surface area (TPSA) is 56.4 Å². The van der Waals surface area contributed by atoms with Crippen molar-refractivity contribution < 1.29 is 24.1 Å². The lowest BCUT2D eigenvalue weighted by atomic mass is 10.0. The Morgan fingerprint density at radius 1 is 0.935 bits per heavy atom. The average molecular weight is 428 g/mol. The molecule has 31 heavy (non-hydrogen) atoms. The molecule has 1 fully saturated rings. The number of aryl methyl sites for hydroxylation is 1. The van der Waals surface area contributed by atoms with Gasteiger partial charge >= 0.3 is 0 Å². The summed E-state index contributed by atoms with van der Waals surface area (Å²) in [5.74, 6) is 1.67. The van der Waals surface area contributed by atoms with E-state index in [0.717, 1.165) is 56.2 Å². The lowest BCUT2D eigenvalue weighted by Gasteiger charge is -2.29. The Hall–Kier alpha value is -2.57. The number of methoxy groups -OCH3 is 2. The average Bonchev–Trinajstić information content (AvgIpc) is 2.80. The van der Waals surface area contributed by atoms with E-state index in [2.05, 4.69) is 55.6 Å². The number of nitrogens with one attached hydrogen (secondary N) is 3. The van der Waals surface area contributed by atoms with Gasteiger partial charge in [-0.2, -0.15) is 0 Å². The van der Waals surface area contributed by atoms with E-state index in [1.807, 2.05) is 6.07 Å². The normalized spacial score (nSPS) is 19.5. The third kappa shape index (κ3) is 6.45. The zero-order chi connectivity index (χ0) is 22.2. The van der Waals surface area contributed by atoms with Crippen molar-refractivity contribution in [3.05, 3.63) is 59.2 Å². The van der Waals surface area contributed by atoms with Gasteiger partial charge in [0.15, 0.2) is 18.0 Å². The molecule has 0 unspecified atom stereocenters. The summed E-state index contributed by atoms with van der Waals surface area (Å²) < 4.78 is 10.7. The Labute approximate surface area is 186 Å². The molecular weight excluding hydrogens is 390 g/mol. The summed E-state index contributed by atoms with van der Waals surface area (Å²) in [5, 5.41) is 3.16. The van der Waals surface area contributed by atoms with Crippen molar-refractivity contribution in [3.63, 3.8) is 0 Å². The molecule has 1 heterocycles. The van der Waals surface area contributed by atoms with Gasteiger partial charge in [-0.05, 0) is 42.7 Å². The SMILES string of the molecule is CCc1ccc([C@@H](C)NC(=O)C[NH+]2CC[NH+](Cc3ccc(OC)c(OC)c3)CC2)cc1. The fourth-order valence-corrected chi connectivity index (χ4v) is 4.23. The zero-order valence-electron chi connectivity index (χ0n) is 19.3. The highest BCUT2D eigenvalue weighted by Gasteiger charge is 2.25. The molecule has 168 valence electrons. The summed E-state index contributed by atoms with van der Waals surface area (Å²) >= 11 is 0. The second kappa shape index (κ2) is 11.2. The van der Waals surface area contributed by atoms with E-state index in [1.54, 1.807) is 19.1 Å². The van der Waals surface area contributed by atoms with E-state index in [0.29, 0.717) is 6.54 Å². The van der Waals surface area contributed by atoms with E-state index < -0.39 is 0 Å². The van der Waals surface area contributed by atoms with Crippen LogP contribution in [0.3, 0.4) is 0 Å². The molecule has 3 N–H and O–H groups in total. The Kier molecular flexibility index (Phi) is 8.32. The van der Waals surface area contributed by atoms with Crippen LogP contribution in [0.5, 0.6) is 11.5 Å². The van der Waals surface area contributed by atoms with Gasteiger partial charge in [-0.3, -0.25) is 4.79 Å². The second-order valence-corrected chi connectivity index (χ2v) is 8.43. The Balaban J connectivity index is 1.43. The molecule has 1 amide bonds. The van der Waals surface area contributed by atoms with Crippen LogP contribution in [-0.4, -0.2) is 52.9 Å². The van der Waals surface area contributed by atoms with E-state index in [-0.39, 0.29) is 11.9 Å². The number of carbonyl (C=O) groups excluding carboxylic acids is 1. The minimum Gasteiger partial charge on any atom is -0.493 e. The first-order chi connectivity index (χ1) is 15.0. The van der Waals surface area contributed by atoms with Crippen molar-refractivity contribution in [1.29, 1.82) is 0 Å². The maximum absolute atomic E-state index is 12.6. The van der Waals surface area contributed by atoms with E-state index >= 15 is 0 Å². The number of rotatable bonds is 9. The van der Waals surface area contributed by atoms with Crippen LogP contribution in [0.2, 0.25) is 0 Å². The Morgan fingerprint density at radius 2 is 1.55 bits per heavy atom. The third-order valence-corrected chi connectivity index (χ3v) is 6.24. The first kappa shape index (κ1) is 23.1. The number of amides is 1. The van der Waals surface area contributed by atoms with Gasteiger partial charge in [-0.1, -0.05) is 31.2 Å². The van der Waals surface area contributed by atoms with Crippen LogP contribution in [0.1, 0.15) is 36.6 Å². The molecule has 0 radical (unpaired) electrons. The maximum Gasteiger partial charge on any atom is 0.275 e. The molecule has 2 aromatic carbocycles. The van der Waals surface area contributed by atoms with Crippen molar-refractivity contribution >= 4 is 5.91 Å². The van der Waals surface area contributed by atoms with Crippen LogP contribution in [0, 0.1) is 0 Å². The van der Waals surface area contributed by atoms with Crippen molar-refractivity contribution in [2.24, 2.45) is 0 Å². The monoisotopic (exact) mass is 427 g/mol. The molecule has 0 aromatic heterocycles. The molecule has 1 atom stereocenters. The van der Waals surface area contributed by atoms with Gasteiger partial charge in [0.1, 0.15) is 32.7 Å². The van der Waals surface area contributed by atoms with Crippen molar-refractivity contribution in [2.45, 2.75) is 32.9 Å². The summed E-state index contributed by atoms with van der Waals surface area (Å²) in [7, 11) is 3.33. The van der Waals surface area contributed by atoms with Gasteiger partial charge in [-0.25, -0.2) is 0 Å². The van der Waals surface area contributed by atoms with E-state index in [9.17, 15) is 4.79 Å². The first-order valence-corrected chi connectivity index (χ1v) is 11.3. The molecule has 1 aliphatic heterocycles. The lowest BCUT2D eigenvalue weighted by Crippen LogP contribution is -3.28. The standard InChI is InChI=1S/C25H35N3O3/c1-5-20-6-9-22(10-7-20)19(2)26-25(29)18-28-14-12-27(13-15-28)17-21-8-11-23(30-3)24(16-21)31-4/h6-11,16,19H,5,12-15,17-18H2,1-4H3,(H,26,29)/p+2/t19-/m1/s1. The van der Waals surface area contributed by atoms with E-state index in [4.69, 9.17) is 9.47 Å². The Bertz CT molecular complexity index is 846. The quantitative estimate of drug-likeness (QED) is 0.544. The molecule has 0 spiro atoms. The highest BCUT2D eigenvalue weighted by molar-refractivity contribution is 5.77. The number of hydrogen-bond acceptors (Lipinski definition) is 3. The molecule has 6 heteroatoms.